The van der Waals surface area contributed by atoms with E-state index >= 15 is 0 Å². The molecule has 0 fully saturated rings. The van der Waals surface area contributed by atoms with Crippen LogP contribution in [0.15, 0.2) is 34.9 Å². The number of phenolic OH excluding ortho intramolecular Hbond substituents is 1. The molecular weight excluding hydrogens is 300 g/mol. The average Bonchev–Trinajstić information content (AvgIpc) is 2.88. The first-order chi connectivity index (χ1) is 11.1. The summed E-state index contributed by atoms with van der Waals surface area (Å²) in [6.07, 6.45) is 1.70. The van der Waals surface area contributed by atoms with Crippen LogP contribution in [0.25, 0.3) is 22.7 Å². The summed E-state index contributed by atoms with van der Waals surface area (Å²) in [5.41, 5.74) is 3.51. The Balaban J connectivity index is 2.28. The predicted octanol–water partition coefficient (Wildman–Crippen LogP) is 5.19. The third kappa shape index (κ3) is 2.88. The van der Waals surface area contributed by atoms with Gasteiger partial charge in [-0.05, 0) is 35.1 Å². The van der Waals surface area contributed by atoms with E-state index in [0.717, 1.165) is 16.7 Å². The van der Waals surface area contributed by atoms with Crippen molar-refractivity contribution in [1.82, 2.24) is 9.97 Å². The minimum atomic E-state index is -0.190. The Bertz CT molecular complexity index is 828. The van der Waals surface area contributed by atoms with E-state index in [9.17, 15) is 5.11 Å². The first-order valence-electron chi connectivity index (χ1n) is 8.17. The maximum atomic E-state index is 10.8. The summed E-state index contributed by atoms with van der Waals surface area (Å²) in [6.45, 7) is 12.5. The van der Waals surface area contributed by atoms with Crippen molar-refractivity contribution in [3.63, 3.8) is 0 Å². The van der Waals surface area contributed by atoms with E-state index in [0.29, 0.717) is 22.9 Å². The number of aromatic hydroxyl groups is 1. The molecule has 0 unspecified atom stereocenters. The average molecular weight is 324 g/mol. The lowest BCUT2D eigenvalue weighted by Crippen LogP contribution is -2.17. The van der Waals surface area contributed by atoms with Gasteiger partial charge >= 0.3 is 0 Å². The molecule has 1 aromatic carbocycles. The molecule has 4 heteroatoms. The van der Waals surface area contributed by atoms with Gasteiger partial charge in [-0.25, -0.2) is 4.98 Å². The molecular formula is C20H24N2O2. The zero-order valence-corrected chi connectivity index (χ0v) is 15.1. The van der Waals surface area contributed by atoms with Gasteiger partial charge in [-0.3, -0.25) is 0 Å². The molecule has 3 aromatic rings. The van der Waals surface area contributed by atoms with E-state index < -0.39 is 0 Å². The maximum Gasteiger partial charge on any atom is 0.228 e. The monoisotopic (exact) mass is 324 g/mol. The van der Waals surface area contributed by atoms with Crippen molar-refractivity contribution in [2.24, 2.45) is 0 Å². The van der Waals surface area contributed by atoms with E-state index in [1.165, 1.54) is 0 Å². The van der Waals surface area contributed by atoms with E-state index in [4.69, 9.17) is 4.42 Å². The van der Waals surface area contributed by atoms with Gasteiger partial charge in [0, 0.05) is 22.9 Å². The second kappa shape index (κ2) is 5.33. The van der Waals surface area contributed by atoms with Crippen molar-refractivity contribution >= 4 is 11.2 Å². The number of rotatable bonds is 1. The number of hydrogen-bond donors (Lipinski definition) is 1. The summed E-state index contributed by atoms with van der Waals surface area (Å²) >= 11 is 0. The van der Waals surface area contributed by atoms with Gasteiger partial charge in [-0.15, -0.1) is 0 Å². The number of oxazole rings is 1. The molecule has 0 saturated carbocycles. The minimum absolute atomic E-state index is 0.190. The van der Waals surface area contributed by atoms with E-state index in [1.54, 1.807) is 6.20 Å². The van der Waals surface area contributed by atoms with Gasteiger partial charge in [-0.1, -0.05) is 41.5 Å². The summed E-state index contributed by atoms with van der Waals surface area (Å²) in [5, 5.41) is 10.8. The first-order valence-corrected chi connectivity index (χ1v) is 8.17. The van der Waals surface area contributed by atoms with Crippen molar-refractivity contribution in [2.75, 3.05) is 0 Å². The molecule has 2 aromatic heterocycles. The molecule has 0 spiro atoms. The Hall–Kier alpha value is -2.36. The third-order valence-electron chi connectivity index (χ3n) is 4.14. The van der Waals surface area contributed by atoms with Crippen molar-refractivity contribution in [2.45, 2.75) is 52.4 Å². The van der Waals surface area contributed by atoms with Crippen LogP contribution in [-0.2, 0) is 10.8 Å². The number of pyridine rings is 1. The highest BCUT2D eigenvalue weighted by molar-refractivity contribution is 5.73. The molecule has 0 aliphatic heterocycles. The molecule has 0 bridgehead atoms. The highest BCUT2D eigenvalue weighted by atomic mass is 16.3. The van der Waals surface area contributed by atoms with Crippen LogP contribution in [0.4, 0.5) is 0 Å². The number of aromatic nitrogens is 2. The number of benzene rings is 1. The van der Waals surface area contributed by atoms with Crippen molar-refractivity contribution in [3.8, 4) is 17.2 Å². The molecule has 2 heterocycles. The molecule has 4 nitrogen and oxygen atoms in total. The van der Waals surface area contributed by atoms with Crippen LogP contribution >= 0.6 is 0 Å². The Labute approximate surface area is 142 Å². The highest BCUT2D eigenvalue weighted by Crippen LogP contribution is 2.42. The van der Waals surface area contributed by atoms with Crippen molar-refractivity contribution in [1.29, 1.82) is 0 Å². The number of fused-ring (bicyclic) bond motifs is 1. The zero-order valence-electron chi connectivity index (χ0n) is 15.1. The SMILES string of the molecule is CC(C)(C)c1cc(-c2nc3ncccc3o2)cc(C(C)(C)C)c1O. The fourth-order valence-corrected chi connectivity index (χ4v) is 2.79. The molecule has 0 atom stereocenters. The molecule has 126 valence electrons. The van der Waals surface area contributed by atoms with Gasteiger partial charge in [0.1, 0.15) is 5.75 Å². The van der Waals surface area contributed by atoms with Crippen molar-refractivity contribution < 1.29 is 9.52 Å². The quantitative estimate of drug-likeness (QED) is 0.669. The van der Waals surface area contributed by atoms with E-state index in [2.05, 4.69) is 51.5 Å². The lowest BCUT2D eigenvalue weighted by molar-refractivity contribution is 0.423. The van der Waals surface area contributed by atoms with Gasteiger partial charge in [0.2, 0.25) is 5.89 Å². The Morgan fingerprint density at radius 2 is 1.54 bits per heavy atom. The largest absolute Gasteiger partial charge is 0.507 e. The van der Waals surface area contributed by atoms with Gasteiger partial charge < -0.3 is 9.52 Å². The Morgan fingerprint density at radius 1 is 0.958 bits per heavy atom. The molecule has 0 aliphatic carbocycles. The summed E-state index contributed by atoms with van der Waals surface area (Å²) in [7, 11) is 0. The Kier molecular flexibility index (Phi) is 3.67. The Morgan fingerprint density at radius 3 is 2.04 bits per heavy atom. The lowest BCUT2D eigenvalue weighted by atomic mass is 9.78. The topological polar surface area (TPSA) is 59.2 Å². The number of hydrogen-bond acceptors (Lipinski definition) is 4. The fraction of sp³-hybridized carbons (Fsp3) is 0.400. The van der Waals surface area contributed by atoms with Crippen LogP contribution in [0.3, 0.4) is 0 Å². The molecule has 1 N–H and O–H groups in total. The number of nitrogens with zero attached hydrogens (tertiary/aromatic N) is 2. The van der Waals surface area contributed by atoms with Gasteiger partial charge in [-0.2, -0.15) is 4.98 Å². The van der Waals surface area contributed by atoms with Crippen LogP contribution in [0.2, 0.25) is 0 Å². The predicted molar refractivity (Wildman–Crippen MR) is 96.3 cm³/mol. The molecule has 24 heavy (non-hydrogen) atoms. The summed E-state index contributed by atoms with van der Waals surface area (Å²) in [6, 6.07) is 7.62. The standard InChI is InChI=1S/C20H24N2O2/c1-19(2,3)13-10-12(11-14(16(13)23)20(4,5)6)18-22-17-15(24-18)8-7-9-21-17/h7-11,23H,1-6H3. The van der Waals surface area contributed by atoms with Gasteiger partial charge in [0.15, 0.2) is 11.2 Å². The lowest BCUT2D eigenvalue weighted by Gasteiger charge is -2.27. The van der Waals surface area contributed by atoms with Gasteiger partial charge in [0.05, 0.1) is 0 Å². The summed E-state index contributed by atoms with van der Waals surface area (Å²) in [5.74, 6) is 0.882. The van der Waals surface area contributed by atoms with Crippen LogP contribution < -0.4 is 0 Å². The smallest absolute Gasteiger partial charge is 0.228 e. The fourth-order valence-electron chi connectivity index (χ4n) is 2.79. The van der Waals surface area contributed by atoms with Crippen molar-refractivity contribution in [3.05, 3.63) is 41.6 Å². The summed E-state index contributed by atoms with van der Waals surface area (Å²) in [4.78, 5) is 8.73. The normalized spacial score (nSPS) is 12.8. The second-order valence-corrected chi connectivity index (χ2v) is 8.26. The van der Waals surface area contributed by atoms with Gasteiger partial charge in [0.25, 0.3) is 0 Å². The summed E-state index contributed by atoms with van der Waals surface area (Å²) < 4.78 is 5.87. The zero-order chi connectivity index (χ0) is 17.7. The van der Waals surface area contributed by atoms with E-state index in [-0.39, 0.29) is 10.8 Å². The molecule has 0 saturated heterocycles. The molecule has 0 aliphatic rings. The highest BCUT2D eigenvalue weighted by Gasteiger charge is 2.27. The molecule has 3 rings (SSSR count). The molecule has 0 radical (unpaired) electrons. The third-order valence-corrected chi connectivity index (χ3v) is 4.14. The molecule has 0 amide bonds. The minimum Gasteiger partial charge on any atom is -0.507 e. The van der Waals surface area contributed by atoms with Crippen LogP contribution in [0.5, 0.6) is 5.75 Å². The second-order valence-electron chi connectivity index (χ2n) is 8.26. The van der Waals surface area contributed by atoms with Crippen LogP contribution in [-0.4, -0.2) is 15.1 Å². The van der Waals surface area contributed by atoms with E-state index in [1.807, 2.05) is 24.3 Å². The number of phenols is 1. The van der Waals surface area contributed by atoms with Crippen LogP contribution in [0, 0.1) is 0 Å². The van der Waals surface area contributed by atoms with Crippen LogP contribution in [0.1, 0.15) is 52.7 Å². The first kappa shape index (κ1) is 16.5. The maximum absolute atomic E-state index is 10.8.